The SMILES string of the molecule is C=CCN(C)C(=O)CCCCCl. The fourth-order valence-corrected chi connectivity index (χ4v) is 1.05. The van der Waals surface area contributed by atoms with Crippen molar-refractivity contribution in [2.75, 3.05) is 19.5 Å². The fourth-order valence-electron chi connectivity index (χ4n) is 0.857. The normalized spacial score (nSPS) is 9.50. The van der Waals surface area contributed by atoms with E-state index in [1.54, 1.807) is 18.0 Å². The van der Waals surface area contributed by atoms with Crippen LogP contribution in [-0.4, -0.2) is 30.3 Å². The third-order valence-electron chi connectivity index (χ3n) is 1.60. The summed E-state index contributed by atoms with van der Waals surface area (Å²) >= 11 is 5.48. The summed E-state index contributed by atoms with van der Waals surface area (Å²) in [6, 6.07) is 0. The molecule has 0 fully saturated rings. The topological polar surface area (TPSA) is 20.3 Å². The van der Waals surface area contributed by atoms with Crippen molar-refractivity contribution in [3.05, 3.63) is 12.7 Å². The summed E-state index contributed by atoms with van der Waals surface area (Å²) < 4.78 is 0. The maximum absolute atomic E-state index is 11.2. The number of unbranched alkanes of at least 4 members (excludes halogenated alkanes) is 1. The number of likely N-dealkylation sites (N-methyl/N-ethyl adjacent to an activating group) is 1. The summed E-state index contributed by atoms with van der Waals surface area (Å²) in [6.07, 6.45) is 4.11. The van der Waals surface area contributed by atoms with E-state index in [4.69, 9.17) is 11.6 Å². The van der Waals surface area contributed by atoms with Crippen LogP contribution in [0.5, 0.6) is 0 Å². The van der Waals surface area contributed by atoms with Gasteiger partial charge in [0.1, 0.15) is 0 Å². The minimum atomic E-state index is 0.167. The standard InChI is InChI=1S/C9H16ClNO/c1-3-8-11(2)9(12)6-4-5-7-10/h3H,1,4-8H2,2H3. The molecule has 0 aliphatic rings. The van der Waals surface area contributed by atoms with E-state index < -0.39 is 0 Å². The van der Waals surface area contributed by atoms with Gasteiger partial charge in [-0.1, -0.05) is 6.08 Å². The number of halogens is 1. The first-order valence-electron chi connectivity index (χ1n) is 4.13. The lowest BCUT2D eigenvalue weighted by Gasteiger charge is -2.13. The maximum atomic E-state index is 11.2. The Morgan fingerprint density at radius 1 is 1.58 bits per heavy atom. The lowest BCUT2D eigenvalue weighted by molar-refractivity contribution is -0.129. The second-order valence-corrected chi connectivity index (χ2v) is 3.09. The highest BCUT2D eigenvalue weighted by Crippen LogP contribution is 2.00. The number of carbonyl (C=O) groups is 1. The van der Waals surface area contributed by atoms with Gasteiger partial charge in [0, 0.05) is 25.9 Å². The molecule has 0 spiro atoms. The van der Waals surface area contributed by atoms with Gasteiger partial charge < -0.3 is 4.90 Å². The third kappa shape index (κ3) is 5.19. The average molecular weight is 190 g/mol. The van der Waals surface area contributed by atoms with Gasteiger partial charge in [-0.25, -0.2) is 0 Å². The molecule has 0 bridgehead atoms. The van der Waals surface area contributed by atoms with Gasteiger partial charge in [0.2, 0.25) is 5.91 Å². The molecule has 70 valence electrons. The van der Waals surface area contributed by atoms with Crippen molar-refractivity contribution < 1.29 is 4.79 Å². The predicted octanol–water partition coefficient (Wildman–Crippen LogP) is 2.04. The summed E-state index contributed by atoms with van der Waals surface area (Å²) in [5.41, 5.74) is 0. The lowest BCUT2D eigenvalue weighted by Crippen LogP contribution is -2.26. The molecule has 0 heterocycles. The fraction of sp³-hybridized carbons (Fsp3) is 0.667. The van der Waals surface area contributed by atoms with Crippen LogP contribution in [-0.2, 0) is 4.79 Å². The average Bonchev–Trinajstić information content (AvgIpc) is 2.05. The first-order valence-corrected chi connectivity index (χ1v) is 4.66. The number of amides is 1. The van der Waals surface area contributed by atoms with Crippen LogP contribution < -0.4 is 0 Å². The first-order chi connectivity index (χ1) is 5.72. The van der Waals surface area contributed by atoms with E-state index in [0.717, 1.165) is 12.8 Å². The van der Waals surface area contributed by atoms with E-state index in [2.05, 4.69) is 6.58 Å². The van der Waals surface area contributed by atoms with Gasteiger partial charge in [0.05, 0.1) is 0 Å². The zero-order valence-electron chi connectivity index (χ0n) is 7.55. The second-order valence-electron chi connectivity index (χ2n) is 2.71. The Morgan fingerprint density at radius 2 is 2.25 bits per heavy atom. The van der Waals surface area contributed by atoms with Crippen molar-refractivity contribution in [1.29, 1.82) is 0 Å². The minimum absolute atomic E-state index is 0.167. The van der Waals surface area contributed by atoms with Crippen LogP contribution in [0.2, 0.25) is 0 Å². The summed E-state index contributed by atoms with van der Waals surface area (Å²) in [7, 11) is 1.78. The van der Waals surface area contributed by atoms with Gasteiger partial charge in [-0.2, -0.15) is 0 Å². The van der Waals surface area contributed by atoms with Crippen LogP contribution in [0.3, 0.4) is 0 Å². The molecule has 0 aromatic heterocycles. The molecule has 0 aliphatic carbocycles. The van der Waals surface area contributed by atoms with Gasteiger partial charge >= 0.3 is 0 Å². The Kier molecular flexibility index (Phi) is 6.87. The van der Waals surface area contributed by atoms with Crippen molar-refractivity contribution in [2.45, 2.75) is 19.3 Å². The van der Waals surface area contributed by atoms with Crippen molar-refractivity contribution in [2.24, 2.45) is 0 Å². The predicted molar refractivity (Wildman–Crippen MR) is 52.4 cm³/mol. The van der Waals surface area contributed by atoms with Crippen LogP contribution in [0.1, 0.15) is 19.3 Å². The molecule has 0 rings (SSSR count). The van der Waals surface area contributed by atoms with Crippen LogP contribution in [0.4, 0.5) is 0 Å². The Labute approximate surface area is 79.2 Å². The molecule has 0 aliphatic heterocycles. The molecule has 0 aromatic rings. The molecule has 2 nitrogen and oxygen atoms in total. The van der Waals surface area contributed by atoms with E-state index >= 15 is 0 Å². The monoisotopic (exact) mass is 189 g/mol. The molecule has 12 heavy (non-hydrogen) atoms. The number of hydrogen-bond acceptors (Lipinski definition) is 1. The molecule has 0 atom stereocenters. The molecule has 0 saturated carbocycles. The zero-order valence-corrected chi connectivity index (χ0v) is 8.31. The largest absolute Gasteiger partial charge is 0.342 e. The van der Waals surface area contributed by atoms with E-state index in [-0.39, 0.29) is 5.91 Å². The molecule has 0 saturated heterocycles. The summed E-state index contributed by atoms with van der Waals surface area (Å²) in [5.74, 6) is 0.804. The molecule has 0 unspecified atom stereocenters. The summed E-state index contributed by atoms with van der Waals surface area (Å²) in [4.78, 5) is 12.9. The van der Waals surface area contributed by atoms with Crippen molar-refractivity contribution in [3.8, 4) is 0 Å². The van der Waals surface area contributed by atoms with Crippen LogP contribution in [0.25, 0.3) is 0 Å². The quantitative estimate of drug-likeness (QED) is 0.356. The van der Waals surface area contributed by atoms with E-state index in [0.29, 0.717) is 18.8 Å². The van der Waals surface area contributed by atoms with E-state index in [1.165, 1.54) is 0 Å². The van der Waals surface area contributed by atoms with Gasteiger partial charge in [0.15, 0.2) is 0 Å². The molecule has 0 radical (unpaired) electrons. The van der Waals surface area contributed by atoms with Crippen LogP contribution in [0.15, 0.2) is 12.7 Å². The second kappa shape index (κ2) is 7.17. The molecule has 0 N–H and O–H groups in total. The maximum Gasteiger partial charge on any atom is 0.222 e. The molecule has 0 aromatic carbocycles. The van der Waals surface area contributed by atoms with Gasteiger partial charge in [0.25, 0.3) is 0 Å². The number of hydrogen-bond donors (Lipinski definition) is 0. The number of alkyl halides is 1. The van der Waals surface area contributed by atoms with Crippen LogP contribution in [0, 0.1) is 0 Å². The number of nitrogens with zero attached hydrogens (tertiary/aromatic N) is 1. The van der Waals surface area contributed by atoms with E-state index in [1.807, 2.05) is 0 Å². The Morgan fingerprint density at radius 3 is 2.75 bits per heavy atom. The highest BCUT2D eigenvalue weighted by atomic mass is 35.5. The highest BCUT2D eigenvalue weighted by molar-refractivity contribution is 6.17. The van der Waals surface area contributed by atoms with Gasteiger partial charge in [-0.15, -0.1) is 18.2 Å². The third-order valence-corrected chi connectivity index (χ3v) is 1.87. The van der Waals surface area contributed by atoms with E-state index in [9.17, 15) is 4.79 Å². The van der Waals surface area contributed by atoms with Crippen LogP contribution >= 0.6 is 11.6 Å². The molecule has 3 heteroatoms. The zero-order chi connectivity index (χ0) is 9.40. The smallest absolute Gasteiger partial charge is 0.222 e. The molecule has 1 amide bonds. The van der Waals surface area contributed by atoms with Crippen molar-refractivity contribution in [3.63, 3.8) is 0 Å². The molecular weight excluding hydrogens is 174 g/mol. The Bertz CT molecular complexity index is 147. The Balaban J connectivity index is 3.49. The number of carbonyl (C=O) groups excluding carboxylic acids is 1. The molecular formula is C9H16ClNO. The van der Waals surface area contributed by atoms with Crippen molar-refractivity contribution >= 4 is 17.5 Å². The van der Waals surface area contributed by atoms with Gasteiger partial charge in [-0.05, 0) is 12.8 Å². The summed E-state index contributed by atoms with van der Waals surface area (Å²) in [5, 5.41) is 0. The van der Waals surface area contributed by atoms with Gasteiger partial charge in [-0.3, -0.25) is 4.79 Å². The first kappa shape index (κ1) is 11.5. The minimum Gasteiger partial charge on any atom is -0.342 e. The highest BCUT2D eigenvalue weighted by Gasteiger charge is 2.05. The number of rotatable bonds is 6. The lowest BCUT2D eigenvalue weighted by atomic mass is 10.2. The van der Waals surface area contributed by atoms with Crippen molar-refractivity contribution in [1.82, 2.24) is 4.90 Å². The Hall–Kier alpha value is -0.500. The summed E-state index contributed by atoms with van der Waals surface area (Å²) in [6.45, 7) is 4.19.